The minimum Gasteiger partial charge on any atom is -0.457 e. The van der Waals surface area contributed by atoms with Gasteiger partial charge >= 0.3 is 5.97 Å². The molecule has 6 nitrogen and oxygen atoms in total. The summed E-state index contributed by atoms with van der Waals surface area (Å²) < 4.78 is 11.7. The van der Waals surface area contributed by atoms with E-state index in [0.29, 0.717) is 21.5 Å². The van der Waals surface area contributed by atoms with Crippen LogP contribution in [0, 0.1) is 10.1 Å². The molecule has 3 aromatic rings. The fraction of sp³-hybridized carbons (Fsp3) is 0.0500. The van der Waals surface area contributed by atoms with Crippen molar-refractivity contribution in [1.82, 2.24) is 0 Å². The summed E-state index contributed by atoms with van der Waals surface area (Å²) in [5.74, 6) is 0.588. The first-order chi connectivity index (χ1) is 13.0. The van der Waals surface area contributed by atoms with Gasteiger partial charge < -0.3 is 9.47 Å². The molecule has 0 unspecified atom stereocenters. The minimum atomic E-state index is -0.468. The molecule has 0 aromatic heterocycles. The molecule has 136 valence electrons. The Kier molecular flexibility index (Phi) is 5.83. The summed E-state index contributed by atoms with van der Waals surface area (Å²) in [7, 11) is 0. The molecule has 7 heteroatoms. The summed E-state index contributed by atoms with van der Waals surface area (Å²) in [6.07, 6.45) is 0. The van der Waals surface area contributed by atoms with E-state index >= 15 is 0 Å². The molecule has 3 aromatic carbocycles. The second-order valence-corrected chi connectivity index (χ2v) is 6.41. The molecular weight excluding hydrogens is 414 g/mol. The normalized spacial score (nSPS) is 10.3. The molecule has 0 aliphatic heterocycles. The van der Waals surface area contributed by atoms with Crippen molar-refractivity contribution in [2.24, 2.45) is 0 Å². The largest absolute Gasteiger partial charge is 0.457 e. The van der Waals surface area contributed by atoms with E-state index in [-0.39, 0.29) is 12.3 Å². The number of nitro groups is 1. The molecule has 0 amide bonds. The molecule has 27 heavy (non-hydrogen) atoms. The van der Waals surface area contributed by atoms with Crippen molar-refractivity contribution in [2.75, 3.05) is 0 Å². The lowest BCUT2D eigenvalue weighted by atomic mass is 10.2. The number of benzene rings is 3. The van der Waals surface area contributed by atoms with Crippen LogP contribution in [0.1, 0.15) is 15.9 Å². The summed E-state index contributed by atoms with van der Waals surface area (Å²) in [4.78, 5) is 22.4. The highest BCUT2D eigenvalue weighted by Gasteiger charge is 2.11. The van der Waals surface area contributed by atoms with Crippen molar-refractivity contribution in [1.29, 1.82) is 0 Å². The molecule has 0 fully saturated rings. The highest BCUT2D eigenvalue weighted by atomic mass is 79.9. The van der Waals surface area contributed by atoms with E-state index in [9.17, 15) is 14.9 Å². The molecule has 0 heterocycles. The first-order valence-corrected chi connectivity index (χ1v) is 8.75. The Hall–Kier alpha value is -3.19. The van der Waals surface area contributed by atoms with Gasteiger partial charge in [0, 0.05) is 16.6 Å². The predicted molar refractivity (Wildman–Crippen MR) is 103 cm³/mol. The lowest BCUT2D eigenvalue weighted by Crippen LogP contribution is -2.06. The topological polar surface area (TPSA) is 78.7 Å². The number of ether oxygens (including phenoxy) is 2. The van der Waals surface area contributed by atoms with E-state index in [1.165, 1.54) is 24.3 Å². The van der Waals surface area contributed by atoms with E-state index in [2.05, 4.69) is 15.9 Å². The summed E-state index contributed by atoms with van der Waals surface area (Å²) in [5.41, 5.74) is 1.21. The number of esters is 1. The maximum Gasteiger partial charge on any atom is 0.339 e. The first kappa shape index (κ1) is 18.6. The van der Waals surface area contributed by atoms with Crippen molar-refractivity contribution in [3.8, 4) is 11.5 Å². The molecule has 0 bridgehead atoms. The van der Waals surface area contributed by atoms with Gasteiger partial charge in [-0.15, -0.1) is 0 Å². The molecule has 0 N–H and O–H groups in total. The zero-order chi connectivity index (χ0) is 19.2. The Morgan fingerprint density at radius 1 is 0.963 bits per heavy atom. The summed E-state index contributed by atoms with van der Waals surface area (Å²) >= 11 is 3.32. The van der Waals surface area contributed by atoms with Crippen molar-refractivity contribution in [3.05, 3.63) is 98.5 Å². The molecule has 3 rings (SSSR count). The molecular formula is C20H14BrNO5. The first-order valence-electron chi connectivity index (χ1n) is 7.96. The maximum atomic E-state index is 12.2. The standard InChI is InChI=1S/C20H14BrNO5/c21-19-7-2-1-6-18(19)20(23)26-13-14-4-3-5-17(12-14)27-16-10-8-15(9-11-16)22(24)25/h1-12H,13H2. The highest BCUT2D eigenvalue weighted by molar-refractivity contribution is 9.10. The average Bonchev–Trinajstić information content (AvgIpc) is 2.67. The van der Waals surface area contributed by atoms with Crippen LogP contribution in [-0.4, -0.2) is 10.9 Å². The molecule has 0 radical (unpaired) electrons. The van der Waals surface area contributed by atoms with Crippen LogP contribution < -0.4 is 4.74 Å². The van der Waals surface area contributed by atoms with Gasteiger partial charge in [-0.1, -0.05) is 24.3 Å². The van der Waals surface area contributed by atoms with Crippen LogP contribution in [0.2, 0.25) is 0 Å². The van der Waals surface area contributed by atoms with Crippen LogP contribution >= 0.6 is 15.9 Å². The molecule has 0 saturated carbocycles. The van der Waals surface area contributed by atoms with Crippen LogP contribution in [0.3, 0.4) is 0 Å². The van der Waals surface area contributed by atoms with Gasteiger partial charge in [0.15, 0.2) is 0 Å². The molecule has 0 aliphatic carbocycles. The number of non-ortho nitro benzene ring substituents is 1. The smallest absolute Gasteiger partial charge is 0.339 e. The molecule has 0 atom stereocenters. The summed E-state index contributed by atoms with van der Waals surface area (Å²) in [5, 5.41) is 10.7. The summed E-state index contributed by atoms with van der Waals surface area (Å²) in [6, 6.07) is 19.9. The monoisotopic (exact) mass is 427 g/mol. The summed E-state index contributed by atoms with van der Waals surface area (Å²) in [6.45, 7) is 0.0949. The average molecular weight is 428 g/mol. The number of carbonyl (C=O) groups is 1. The number of nitro benzene ring substituents is 1. The number of rotatable bonds is 6. The third kappa shape index (κ3) is 4.92. The second kappa shape index (κ2) is 8.46. The zero-order valence-corrected chi connectivity index (χ0v) is 15.6. The molecule has 0 spiro atoms. The highest BCUT2D eigenvalue weighted by Crippen LogP contribution is 2.25. The van der Waals surface area contributed by atoms with Gasteiger partial charge in [-0.2, -0.15) is 0 Å². The number of nitrogens with zero attached hydrogens (tertiary/aromatic N) is 1. The van der Waals surface area contributed by atoms with Crippen molar-refractivity contribution in [3.63, 3.8) is 0 Å². The Morgan fingerprint density at radius 2 is 1.70 bits per heavy atom. The third-order valence-electron chi connectivity index (χ3n) is 3.65. The minimum absolute atomic E-state index is 0.00455. The van der Waals surface area contributed by atoms with Crippen LogP contribution in [0.25, 0.3) is 0 Å². The lowest BCUT2D eigenvalue weighted by Gasteiger charge is -2.09. The predicted octanol–water partition coefficient (Wildman–Crippen LogP) is 5.51. The zero-order valence-electron chi connectivity index (χ0n) is 14.0. The van der Waals surface area contributed by atoms with Crippen molar-refractivity contribution >= 4 is 27.6 Å². The van der Waals surface area contributed by atoms with Crippen LogP contribution in [0.15, 0.2) is 77.3 Å². The quantitative estimate of drug-likeness (QED) is 0.294. The Labute approximate surface area is 163 Å². The van der Waals surface area contributed by atoms with Gasteiger partial charge in [0.05, 0.1) is 10.5 Å². The van der Waals surface area contributed by atoms with Crippen LogP contribution in [0.4, 0.5) is 5.69 Å². The van der Waals surface area contributed by atoms with E-state index < -0.39 is 10.9 Å². The number of hydrogen-bond acceptors (Lipinski definition) is 5. The van der Waals surface area contributed by atoms with E-state index in [4.69, 9.17) is 9.47 Å². The van der Waals surface area contributed by atoms with Gasteiger partial charge in [-0.25, -0.2) is 4.79 Å². The van der Waals surface area contributed by atoms with Gasteiger partial charge in [0.25, 0.3) is 5.69 Å². The maximum absolute atomic E-state index is 12.2. The Balaban J connectivity index is 1.64. The van der Waals surface area contributed by atoms with Gasteiger partial charge in [0.2, 0.25) is 0 Å². The van der Waals surface area contributed by atoms with Gasteiger partial charge in [-0.3, -0.25) is 10.1 Å². The SMILES string of the molecule is O=C(OCc1cccc(Oc2ccc([N+](=O)[O-])cc2)c1)c1ccccc1Br. The van der Waals surface area contributed by atoms with Gasteiger partial charge in [0.1, 0.15) is 18.1 Å². The fourth-order valence-corrected chi connectivity index (χ4v) is 2.77. The van der Waals surface area contributed by atoms with Gasteiger partial charge in [-0.05, 0) is 57.9 Å². The number of hydrogen-bond donors (Lipinski definition) is 0. The van der Waals surface area contributed by atoms with E-state index in [0.717, 1.165) is 5.56 Å². The van der Waals surface area contributed by atoms with Crippen molar-refractivity contribution < 1.29 is 19.2 Å². The van der Waals surface area contributed by atoms with Crippen LogP contribution in [-0.2, 0) is 11.3 Å². The second-order valence-electron chi connectivity index (χ2n) is 5.56. The van der Waals surface area contributed by atoms with E-state index in [1.54, 1.807) is 36.4 Å². The third-order valence-corrected chi connectivity index (χ3v) is 4.34. The fourth-order valence-electron chi connectivity index (χ4n) is 2.32. The Morgan fingerprint density at radius 3 is 2.41 bits per heavy atom. The number of halogens is 1. The molecule has 0 saturated heterocycles. The van der Waals surface area contributed by atoms with Crippen LogP contribution in [0.5, 0.6) is 11.5 Å². The lowest BCUT2D eigenvalue weighted by molar-refractivity contribution is -0.384. The molecule has 0 aliphatic rings. The number of carbonyl (C=O) groups excluding carboxylic acids is 1. The van der Waals surface area contributed by atoms with E-state index in [1.807, 2.05) is 12.1 Å². The Bertz CT molecular complexity index is 972. The van der Waals surface area contributed by atoms with Crippen molar-refractivity contribution in [2.45, 2.75) is 6.61 Å².